The summed E-state index contributed by atoms with van der Waals surface area (Å²) >= 11 is 1.57. The molecule has 0 radical (unpaired) electrons. The summed E-state index contributed by atoms with van der Waals surface area (Å²) in [7, 11) is 0. The van der Waals surface area contributed by atoms with Gasteiger partial charge in [-0.1, -0.05) is 45.0 Å². The van der Waals surface area contributed by atoms with E-state index in [0.717, 1.165) is 21.7 Å². The third-order valence-corrected chi connectivity index (χ3v) is 8.37. The number of carboxylic acids is 1. The first-order chi connectivity index (χ1) is 21.9. The highest BCUT2D eigenvalue weighted by Gasteiger charge is 2.44. The fourth-order valence-corrected chi connectivity index (χ4v) is 5.69. The van der Waals surface area contributed by atoms with Crippen molar-refractivity contribution < 1.29 is 43.6 Å². The van der Waals surface area contributed by atoms with E-state index in [-0.39, 0.29) is 77.2 Å². The lowest BCUT2D eigenvalue weighted by atomic mass is 9.85. The van der Waals surface area contributed by atoms with E-state index < -0.39 is 35.5 Å². The van der Waals surface area contributed by atoms with Gasteiger partial charge in [0.25, 0.3) is 0 Å². The van der Waals surface area contributed by atoms with Crippen LogP contribution in [0.5, 0.6) is 0 Å². The molecule has 1 aliphatic rings. The smallest absolute Gasteiger partial charge is 0.305 e. The number of hydrogen-bond acceptors (Lipinski definition) is 10. The monoisotopic (exact) mass is 662 g/mol. The van der Waals surface area contributed by atoms with E-state index in [1.165, 1.54) is 4.90 Å². The Balaban J connectivity index is 1.45. The molecule has 1 saturated heterocycles. The van der Waals surface area contributed by atoms with E-state index in [1.54, 1.807) is 16.8 Å². The van der Waals surface area contributed by atoms with Gasteiger partial charge in [-0.2, -0.15) is 0 Å². The van der Waals surface area contributed by atoms with E-state index in [4.69, 9.17) is 19.3 Å². The summed E-state index contributed by atoms with van der Waals surface area (Å²) in [6.07, 6.45) is -0.791. The second kappa shape index (κ2) is 18.0. The molecule has 14 heteroatoms. The van der Waals surface area contributed by atoms with E-state index in [0.29, 0.717) is 6.61 Å². The van der Waals surface area contributed by atoms with Crippen molar-refractivity contribution in [3.63, 3.8) is 0 Å². The number of β-amino-alcohol motifs (C(OH)–C–C–N with tert-alkyl or cyclic N) is 1. The Morgan fingerprint density at radius 2 is 1.61 bits per heavy atom. The number of aromatic nitrogens is 1. The highest BCUT2D eigenvalue weighted by molar-refractivity contribution is 7.13. The largest absolute Gasteiger partial charge is 0.481 e. The van der Waals surface area contributed by atoms with Gasteiger partial charge >= 0.3 is 5.97 Å². The first-order valence-corrected chi connectivity index (χ1v) is 16.2. The van der Waals surface area contributed by atoms with Crippen molar-refractivity contribution in [2.75, 3.05) is 46.2 Å². The molecule has 3 amide bonds. The number of aliphatic carboxylic acids is 1. The second-order valence-electron chi connectivity index (χ2n) is 12.2. The van der Waals surface area contributed by atoms with Crippen LogP contribution in [-0.4, -0.2) is 108 Å². The molecule has 13 nitrogen and oxygen atoms in total. The zero-order chi connectivity index (χ0) is 33.7. The minimum atomic E-state index is -0.923. The summed E-state index contributed by atoms with van der Waals surface area (Å²) in [5.74, 6) is -2.09. The average molecular weight is 663 g/mol. The number of carbonyl (C=O) groups is 4. The topological polar surface area (TPSA) is 177 Å². The number of hydrogen-bond donors (Lipinski definition) is 4. The molecule has 1 unspecified atom stereocenters. The molecule has 46 heavy (non-hydrogen) atoms. The number of ether oxygens (including phenoxy) is 3. The molecule has 4 N–H and O–H groups in total. The normalized spacial score (nSPS) is 17.1. The van der Waals surface area contributed by atoms with E-state index in [2.05, 4.69) is 15.6 Å². The van der Waals surface area contributed by atoms with Gasteiger partial charge in [0.2, 0.25) is 17.7 Å². The molecule has 0 saturated carbocycles. The molecule has 2 aromatic rings. The van der Waals surface area contributed by atoms with E-state index in [9.17, 15) is 24.3 Å². The van der Waals surface area contributed by atoms with Gasteiger partial charge in [0.1, 0.15) is 12.1 Å². The Kier molecular flexibility index (Phi) is 14.5. The quantitative estimate of drug-likeness (QED) is 0.173. The summed E-state index contributed by atoms with van der Waals surface area (Å²) in [6, 6.07) is 6.05. The Bertz CT molecular complexity index is 1300. The standard InChI is InChI=1S/C32H46N4O9S/c1-21-28(46-20-34-21)23-7-5-22(6-8-23)18-33-30(41)25-17-24(37)19-36(25)31(42)29(32(2,3)4)35-26(38)9-11-43-13-15-45-16-14-44-12-10-27(39)40/h5-8,20,24-25,29,37H,9-19H2,1-4H3,(H,33,41)(H,35,38)(H,39,40)/t24-,25+,29?/m1/s1. The second-order valence-corrected chi connectivity index (χ2v) is 13.0. The van der Waals surface area contributed by atoms with Crippen LogP contribution >= 0.6 is 11.3 Å². The maximum atomic E-state index is 13.7. The summed E-state index contributed by atoms with van der Waals surface area (Å²) < 4.78 is 15.9. The van der Waals surface area contributed by atoms with Crippen LogP contribution in [0.15, 0.2) is 29.8 Å². The number of aliphatic hydroxyl groups excluding tert-OH is 1. The number of carboxylic acid groups (broad SMARTS) is 1. The minimum absolute atomic E-state index is 0.00399. The van der Waals surface area contributed by atoms with Gasteiger partial charge < -0.3 is 40.0 Å². The van der Waals surface area contributed by atoms with Gasteiger partial charge in [-0.3, -0.25) is 19.2 Å². The van der Waals surface area contributed by atoms with Crippen molar-refractivity contribution in [2.45, 2.75) is 71.7 Å². The fourth-order valence-electron chi connectivity index (χ4n) is 4.88. The van der Waals surface area contributed by atoms with Crippen LogP contribution in [0.25, 0.3) is 10.4 Å². The summed E-state index contributed by atoms with van der Waals surface area (Å²) in [5, 5.41) is 24.7. The van der Waals surface area contributed by atoms with Gasteiger partial charge in [-0.15, -0.1) is 11.3 Å². The van der Waals surface area contributed by atoms with Crippen LogP contribution in [0.1, 0.15) is 51.3 Å². The molecule has 1 fully saturated rings. The zero-order valence-electron chi connectivity index (χ0n) is 27.0. The molecule has 3 rings (SSSR count). The summed E-state index contributed by atoms with van der Waals surface area (Å²) in [6.45, 7) is 9.05. The number of aliphatic hydroxyl groups is 1. The maximum Gasteiger partial charge on any atom is 0.305 e. The van der Waals surface area contributed by atoms with Crippen LogP contribution in [-0.2, 0) is 39.9 Å². The van der Waals surface area contributed by atoms with E-state index >= 15 is 0 Å². The van der Waals surface area contributed by atoms with Crippen molar-refractivity contribution in [3.8, 4) is 10.4 Å². The third-order valence-electron chi connectivity index (χ3n) is 7.39. The van der Waals surface area contributed by atoms with Gasteiger partial charge in [0.15, 0.2) is 0 Å². The van der Waals surface area contributed by atoms with Crippen molar-refractivity contribution in [3.05, 3.63) is 41.0 Å². The summed E-state index contributed by atoms with van der Waals surface area (Å²) in [5.41, 5.74) is 4.05. The third kappa shape index (κ3) is 11.7. The molecular formula is C32H46N4O9S. The number of amides is 3. The Hall–Kier alpha value is -3.43. The van der Waals surface area contributed by atoms with E-state index in [1.807, 2.05) is 52.0 Å². The highest BCUT2D eigenvalue weighted by atomic mass is 32.1. The molecule has 0 aliphatic carbocycles. The lowest BCUT2D eigenvalue weighted by Crippen LogP contribution is -2.57. The summed E-state index contributed by atoms with van der Waals surface area (Å²) in [4.78, 5) is 57.0. The van der Waals surface area contributed by atoms with Crippen molar-refractivity contribution in [2.24, 2.45) is 5.41 Å². The van der Waals surface area contributed by atoms with Crippen LogP contribution in [0.3, 0.4) is 0 Å². The van der Waals surface area contributed by atoms with Crippen molar-refractivity contribution in [1.29, 1.82) is 0 Å². The molecule has 1 aromatic heterocycles. The lowest BCUT2D eigenvalue weighted by Gasteiger charge is -2.35. The zero-order valence-corrected chi connectivity index (χ0v) is 27.8. The molecule has 3 atom stereocenters. The SMILES string of the molecule is Cc1ncsc1-c1ccc(CNC(=O)[C@@H]2C[C@@H](O)CN2C(=O)C(NC(=O)CCOCCOCCOCCC(=O)O)C(C)(C)C)cc1. The van der Waals surface area contributed by atoms with Crippen LogP contribution < -0.4 is 10.6 Å². The van der Waals surface area contributed by atoms with Crippen LogP contribution in [0, 0.1) is 12.3 Å². The van der Waals surface area contributed by atoms with Gasteiger partial charge in [-0.25, -0.2) is 4.98 Å². The first-order valence-electron chi connectivity index (χ1n) is 15.4. The first kappa shape index (κ1) is 37.0. The number of aryl methyl sites for hydroxylation is 1. The Morgan fingerprint density at radius 3 is 2.17 bits per heavy atom. The molecule has 1 aliphatic heterocycles. The van der Waals surface area contributed by atoms with Gasteiger partial charge in [0.05, 0.1) is 68.2 Å². The molecule has 1 aromatic carbocycles. The highest BCUT2D eigenvalue weighted by Crippen LogP contribution is 2.28. The number of benzene rings is 1. The molecule has 254 valence electrons. The van der Waals surface area contributed by atoms with Crippen LogP contribution in [0.2, 0.25) is 0 Å². The lowest BCUT2D eigenvalue weighted by molar-refractivity contribution is -0.144. The minimum Gasteiger partial charge on any atom is -0.481 e. The van der Waals surface area contributed by atoms with Crippen molar-refractivity contribution >= 4 is 35.0 Å². The molecule has 2 heterocycles. The van der Waals surface area contributed by atoms with Crippen LogP contribution in [0.4, 0.5) is 0 Å². The number of carbonyl (C=O) groups excluding carboxylic acids is 3. The number of rotatable bonds is 18. The number of nitrogens with one attached hydrogen (secondary N) is 2. The molecule has 0 spiro atoms. The molecule has 0 bridgehead atoms. The number of nitrogens with zero attached hydrogens (tertiary/aromatic N) is 2. The number of likely N-dealkylation sites (tertiary alicyclic amines) is 1. The van der Waals surface area contributed by atoms with Gasteiger partial charge in [0, 0.05) is 25.9 Å². The van der Waals surface area contributed by atoms with Crippen molar-refractivity contribution in [1.82, 2.24) is 20.5 Å². The average Bonchev–Trinajstić information content (AvgIpc) is 3.61. The number of thiazole rings is 1. The Morgan fingerprint density at radius 1 is 1.00 bits per heavy atom. The predicted octanol–water partition coefficient (Wildman–Crippen LogP) is 2.14. The predicted molar refractivity (Wildman–Crippen MR) is 171 cm³/mol. The fraction of sp³-hybridized carbons (Fsp3) is 0.594. The molecular weight excluding hydrogens is 616 g/mol. The Labute approximate surface area is 273 Å². The maximum absolute atomic E-state index is 13.7. The van der Waals surface area contributed by atoms with Gasteiger partial charge in [-0.05, 0) is 23.5 Å².